The number of methoxy groups -OCH3 is 1. The number of carbonyl (C=O) groups excluding carboxylic acids is 1. The number of hydrogen-bond acceptors (Lipinski definition) is 6. The van der Waals surface area contributed by atoms with Crippen molar-refractivity contribution in [3.63, 3.8) is 0 Å². The smallest absolute Gasteiger partial charge is 0.266 e. The molecule has 1 N–H and O–H groups in total. The van der Waals surface area contributed by atoms with Gasteiger partial charge in [-0.05, 0) is 72.7 Å². The van der Waals surface area contributed by atoms with Crippen molar-refractivity contribution in [1.82, 2.24) is 0 Å². The number of nitrogens with zero attached hydrogens (tertiary/aromatic N) is 2. The van der Waals surface area contributed by atoms with Gasteiger partial charge in [0.05, 0.1) is 27.7 Å². The van der Waals surface area contributed by atoms with Gasteiger partial charge >= 0.3 is 0 Å². The average Bonchev–Trinajstić information content (AvgIpc) is 3.24. The van der Waals surface area contributed by atoms with Crippen molar-refractivity contribution in [1.29, 1.82) is 10.5 Å². The minimum absolute atomic E-state index is 0.141. The normalized spacial score (nSPS) is 12.8. The second kappa shape index (κ2) is 11.9. The van der Waals surface area contributed by atoms with Crippen molar-refractivity contribution in [3.05, 3.63) is 78.1 Å². The third-order valence-corrected chi connectivity index (χ3v) is 8.03. The molecule has 1 aromatic heterocycles. The molecule has 6 nitrogen and oxygen atoms in total. The molecule has 37 heavy (non-hydrogen) atoms. The van der Waals surface area contributed by atoms with E-state index in [-0.39, 0.29) is 17.2 Å². The van der Waals surface area contributed by atoms with E-state index in [4.69, 9.17) is 44.3 Å². The van der Waals surface area contributed by atoms with Gasteiger partial charge in [0.15, 0.2) is 11.5 Å². The largest absolute Gasteiger partial charge is 0.493 e. The number of carbonyl (C=O) groups is 1. The summed E-state index contributed by atoms with van der Waals surface area (Å²) in [5.74, 6) is 0.0278. The molecule has 188 valence electrons. The first-order valence-electron chi connectivity index (χ1n) is 11.3. The number of halogens is 3. The molecule has 2 aromatic carbocycles. The highest BCUT2D eigenvalue weighted by atomic mass is 35.5. The number of amides is 1. The van der Waals surface area contributed by atoms with Crippen LogP contribution in [0.15, 0.2) is 35.9 Å². The van der Waals surface area contributed by atoms with E-state index in [0.29, 0.717) is 37.7 Å². The number of fused-ring (bicyclic) bond motifs is 1. The zero-order valence-electron chi connectivity index (χ0n) is 19.7. The first kappa shape index (κ1) is 26.9. The summed E-state index contributed by atoms with van der Waals surface area (Å²) in [5.41, 5.74) is 2.61. The Hall–Kier alpha value is -3.20. The van der Waals surface area contributed by atoms with Crippen LogP contribution in [0.4, 0.5) is 5.00 Å². The Morgan fingerprint density at radius 2 is 1.89 bits per heavy atom. The SMILES string of the molecule is COc1cc(/C=C(\C#N)C(=O)Nc2sc3c(c2C#N)CCCC3)cc(Cl)c1OCc1ccc(Cl)c(Cl)c1. The predicted octanol–water partition coefficient (Wildman–Crippen LogP) is 7.59. The molecule has 0 bridgehead atoms. The Labute approximate surface area is 233 Å². The lowest BCUT2D eigenvalue weighted by Crippen LogP contribution is -2.13. The lowest BCUT2D eigenvalue weighted by Gasteiger charge is -2.14. The molecule has 1 amide bonds. The summed E-state index contributed by atoms with van der Waals surface area (Å²) in [6, 6.07) is 12.5. The molecular formula is C27H20Cl3N3O3S. The van der Waals surface area contributed by atoms with Crippen LogP contribution in [-0.4, -0.2) is 13.0 Å². The number of nitrogens with one attached hydrogen (secondary N) is 1. The molecule has 1 aliphatic rings. The second-order valence-corrected chi connectivity index (χ2v) is 10.5. The molecule has 10 heteroatoms. The van der Waals surface area contributed by atoms with Crippen LogP contribution in [0.2, 0.25) is 15.1 Å². The molecule has 0 fully saturated rings. The maximum absolute atomic E-state index is 12.9. The second-order valence-electron chi connectivity index (χ2n) is 8.22. The van der Waals surface area contributed by atoms with Crippen molar-refractivity contribution in [2.45, 2.75) is 32.3 Å². The van der Waals surface area contributed by atoms with Crippen molar-refractivity contribution in [2.24, 2.45) is 0 Å². The zero-order chi connectivity index (χ0) is 26.5. The van der Waals surface area contributed by atoms with Crippen LogP contribution >= 0.6 is 46.1 Å². The average molecular weight is 573 g/mol. The fourth-order valence-corrected chi connectivity index (χ4v) is 5.84. The molecule has 3 aromatic rings. The fourth-order valence-electron chi connectivity index (χ4n) is 4.01. The summed E-state index contributed by atoms with van der Waals surface area (Å²) in [5, 5.41) is 23.6. The summed E-state index contributed by atoms with van der Waals surface area (Å²) in [6.07, 6.45) is 5.20. The van der Waals surface area contributed by atoms with Gasteiger partial charge in [-0.25, -0.2) is 0 Å². The lowest BCUT2D eigenvalue weighted by molar-refractivity contribution is -0.112. The standard InChI is InChI=1S/C27H20Cl3N3O3S/c1-35-23-11-16(10-22(30)25(23)36-14-15-6-7-20(28)21(29)9-15)8-17(12-31)26(34)33-27-19(13-32)18-4-2-3-5-24(18)37-27/h6-11H,2-5,14H2,1H3,(H,33,34)/b17-8+. The molecule has 0 saturated heterocycles. The van der Waals surface area contributed by atoms with Gasteiger partial charge in [-0.1, -0.05) is 40.9 Å². The number of nitriles is 2. The predicted molar refractivity (Wildman–Crippen MR) is 147 cm³/mol. The number of ether oxygens (including phenoxy) is 2. The van der Waals surface area contributed by atoms with Gasteiger partial charge in [-0.2, -0.15) is 10.5 Å². The van der Waals surface area contributed by atoms with E-state index in [0.717, 1.165) is 41.7 Å². The van der Waals surface area contributed by atoms with Gasteiger partial charge < -0.3 is 14.8 Å². The van der Waals surface area contributed by atoms with E-state index in [1.54, 1.807) is 30.3 Å². The first-order chi connectivity index (χ1) is 17.8. The van der Waals surface area contributed by atoms with Gasteiger partial charge in [0, 0.05) is 4.88 Å². The van der Waals surface area contributed by atoms with E-state index < -0.39 is 5.91 Å². The minimum atomic E-state index is -0.604. The van der Waals surface area contributed by atoms with Crippen molar-refractivity contribution in [3.8, 4) is 23.6 Å². The number of benzene rings is 2. The molecule has 1 heterocycles. The van der Waals surface area contributed by atoms with Crippen LogP contribution in [-0.2, 0) is 24.2 Å². The minimum Gasteiger partial charge on any atom is -0.493 e. The summed E-state index contributed by atoms with van der Waals surface area (Å²) in [7, 11) is 1.46. The maximum atomic E-state index is 12.9. The summed E-state index contributed by atoms with van der Waals surface area (Å²) in [4.78, 5) is 14.1. The van der Waals surface area contributed by atoms with Crippen LogP contribution in [0.1, 0.15) is 40.0 Å². The lowest BCUT2D eigenvalue weighted by atomic mass is 9.96. The van der Waals surface area contributed by atoms with E-state index >= 15 is 0 Å². The number of anilines is 1. The zero-order valence-corrected chi connectivity index (χ0v) is 22.7. The number of rotatable bonds is 7. The molecule has 0 unspecified atom stereocenters. The number of thiophene rings is 1. The van der Waals surface area contributed by atoms with E-state index in [9.17, 15) is 15.3 Å². The molecule has 4 rings (SSSR count). The monoisotopic (exact) mass is 571 g/mol. The Morgan fingerprint density at radius 1 is 1.11 bits per heavy atom. The third kappa shape index (κ3) is 6.04. The Morgan fingerprint density at radius 3 is 2.59 bits per heavy atom. The summed E-state index contributed by atoms with van der Waals surface area (Å²) >= 11 is 19.9. The Balaban J connectivity index is 1.55. The Kier molecular flexibility index (Phi) is 8.63. The third-order valence-electron chi connectivity index (χ3n) is 5.81. The quantitative estimate of drug-likeness (QED) is 0.232. The number of hydrogen-bond donors (Lipinski definition) is 1. The van der Waals surface area contributed by atoms with Crippen LogP contribution in [0.3, 0.4) is 0 Å². The summed E-state index contributed by atoms with van der Waals surface area (Å²) in [6.45, 7) is 0.167. The highest BCUT2D eigenvalue weighted by Gasteiger charge is 2.23. The topological polar surface area (TPSA) is 95.1 Å². The van der Waals surface area contributed by atoms with Gasteiger partial charge in [-0.15, -0.1) is 11.3 Å². The molecule has 0 atom stereocenters. The summed E-state index contributed by atoms with van der Waals surface area (Å²) < 4.78 is 11.3. The molecule has 1 aliphatic carbocycles. The van der Waals surface area contributed by atoms with Crippen LogP contribution in [0.5, 0.6) is 11.5 Å². The molecule has 0 saturated carbocycles. The van der Waals surface area contributed by atoms with Crippen LogP contribution < -0.4 is 14.8 Å². The van der Waals surface area contributed by atoms with Crippen molar-refractivity contribution < 1.29 is 14.3 Å². The van der Waals surface area contributed by atoms with E-state index in [2.05, 4.69) is 11.4 Å². The number of aryl methyl sites for hydroxylation is 1. The van der Waals surface area contributed by atoms with E-state index in [1.807, 2.05) is 6.07 Å². The van der Waals surface area contributed by atoms with Crippen LogP contribution in [0, 0.1) is 22.7 Å². The molecule has 0 aliphatic heterocycles. The van der Waals surface area contributed by atoms with Gasteiger partial charge in [0.1, 0.15) is 29.3 Å². The Bertz CT molecular complexity index is 1480. The first-order valence-corrected chi connectivity index (χ1v) is 13.2. The van der Waals surface area contributed by atoms with E-state index in [1.165, 1.54) is 24.5 Å². The van der Waals surface area contributed by atoms with Crippen molar-refractivity contribution >= 4 is 63.1 Å². The molecular weight excluding hydrogens is 553 g/mol. The van der Waals surface area contributed by atoms with Crippen LogP contribution in [0.25, 0.3) is 6.08 Å². The molecule has 0 spiro atoms. The van der Waals surface area contributed by atoms with Gasteiger partial charge in [0.25, 0.3) is 5.91 Å². The highest BCUT2D eigenvalue weighted by molar-refractivity contribution is 7.16. The van der Waals surface area contributed by atoms with Crippen molar-refractivity contribution in [2.75, 3.05) is 12.4 Å². The molecule has 0 radical (unpaired) electrons. The maximum Gasteiger partial charge on any atom is 0.266 e. The van der Waals surface area contributed by atoms with Gasteiger partial charge in [0.2, 0.25) is 0 Å². The van der Waals surface area contributed by atoms with Gasteiger partial charge in [-0.3, -0.25) is 4.79 Å². The fraction of sp³-hybridized carbons (Fsp3) is 0.222. The highest BCUT2D eigenvalue weighted by Crippen LogP contribution is 2.39.